The van der Waals surface area contributed by atoms with Crippen molar-refractivity contribution >= 4 is 11.8 Å². The number of thioether (sulfide) groups is 1. The summed E-state index contributed by atoms with van der Waals surface area (Å²) in [6.07, 6.45) is -0.518. The highest BCUT2D eigenvalue weighted by molar-refractivity contribution is 7.99. The van der Waals surface area contributed by atoms with Gasteiger partial charge in [-0.1, -0.05) is 55.9 Å². The van der Waals surface area contributed by atoms with E-state index in [-0.39, 0.29) is 0 Å². The van der Waals surface area contributed by atoms with E-state index < -0.39 is 6.10 Å². The maximum Gasteiger partial charge on any atom is 0.209 e. The molecule has 6 nitrogen and oxygen atoms in total. The van der Waals surface area contributed by atoms with Crippen molar-refractivity contribution in [3.8, 4) is 0 Å². The number of rotatable bonds is 8. The SMILES string of the molecule is CC(C)NCCn1nnnc1SCC(O)c1ccccc1. The molecular weight excluding hydrogens is 286 g/mol. The molecule has 1 unspecified atom stereocenters. The second-order valence-electron chi connectivity index (χ2n) is 5.03. The Hall–Kier alpha value is -1.44. The summed E-state index contributed by atoms with van der Waals surface area (Å²) in [5.74, 6) is 0.530. The van der Waals surface area contributed by atoms with Crippen molar-refractivity contribution < 1.29 is 5.11 Å². The molecule has 0 aliphatic rings. The van der Waals surface area contributed by atoms with Crippen LogP contribution in [-0.4, -0.2) is 43.7 Å². The molecule has 21 heavy (non-hydrogen) atoms. The molecule has 2 rings (SSSR count). The average Bonchev–Trinajstić information content (AvgIpc) is 2.93. The number of aliphatic hydroxyl groups excluding tert-OH is 1. The van der Waals surface area contributed by atoms with Gasteiger partial charge in [0.1, 0.15) is 0 Å². The van der Waals surface area contributed by atoms with Crippen LogP contribution in [0.5, 0.6) is 0 Å². The first-order valence-electron chi connectivity index (χ1n) is 7.02. The number of hydrogen-bond acceptors (Lipinski definition) is 6. The minimum Gasteiger partial charge on any atom is -0.388 e. The maximum absolute atomic E-state index is 10.1. The van der Waals surface area contributed by atoms with E-state index >= 15 is 0 Å². The van der Waals surface area contributed by atoms with E-state index in [1.807, 2.05) is 30.3 Å². The van der Waals surface area contributed by atoms with Crippen LogP contribution in [0.1, 0.15) is 25.5 Å². The van der Waals surface area contributed by atoms with E-state index in [2.05, 4.69) is 34.7 Å². The largest absolute Gasteiger partial charge is 0.388 e. The molecular formula is C14H21N5OS. The van der Waals surface area contributed by atoms with Crippen LogP contribution in [0.15, 0.2) is 35.5 Å². The van der Waals surface area contributed by atoms with E-state index in [4.69, 9.17) is 0 Å². The van der Waals surface area contributed by atoms with E-state index in [9.17, 15) is 5.11 Å². The van der Waals surface area contributed by atoms with Crippen molar-refractivity contribution in [3.05, 3.63) is 35.9 Å². The van der Waals surface area contributed by atoms with Gasteiger partial charge in [0.15, 0.2) is 0 Å². The zero-order chi connectivity index (χ0) is 15.1. The van der Waals surface area contributed by atoms with Crippen molar-refractivity contribution in [2.24, 2.45) is 0 Å². The van der Waals surface area contributed by atoms with Gasteiger partial charge in [-0.15, -0.1) is 5.10 Å². The molecule has 0 saturated carbocycles. The van der Waals surface area contributed by atoms with Gasteiger partial charge in [-0.3, -0.25) is 0 Å². The lowest BCUT2D eigenvalue weighted by Gasteiger charge is -2.11. The normalized spacial score (nSPS) is 12.8. The summed E-state index contributed by atoms with van der Waals surface area (Å²) in [5, 5.41) is 25.9. The van der Waals surface area contributed by atoms with Crippen LogP contribution in [0, 0.1) is 0 Å². The molecule has 7 heteroatoms. The Balaban J connectivity index is 1.84. The predicted octanol–water partition coefficient (Wildman–Crippen LogP) is 1.50. The molecule has 0 spiro atoms. The Bertz CT molecular complexity index is 531. The minimum absolute atomic E-state index is 0.442. The predicted molar refractivity (Wildman–Crippen MR) is 83.1 cm³/mol. The van der Waals surface area contributed by atoms with Gasteiger partial charge in [0.2, 0.25) is 5.16 Å². The fraction of sp³-hybridized carbons (Fsp3) is 0.500. The number of hydrogen-bond donors (Lipinski definition) is 2. The third-order valence-electron chi connectivity index (χ3n) is 2.93. The average molecular weight is 307 g/mol. The van der Waals surface area contributed by atoms with Gasteiger partial charge in [0.05, 0.1) is 12.6 Å². The molecule has 1 aromatic heterocycles. The molecule has 0 aliphatic carbocycles. The Morgan fingerprint density at radius 1 is 1.29 bits per heavy atom. The summed E-state index contributed by atoms with van der Waals surface area (Å²) in [6.45, 7) is 5.74. The second kappa shape index (κ2) is 8.11. The molecule has 0 radical (unpaired) electrons. The Labute approximate surface area is 128 Å². The van der Waals surface area contributed by atoms with E-state index in [1.54, 1.807) is 4.68 Å². The zero-order valence-electron chi connectivity index (χ0n) is 12.3. The minimum atomic E-state index is -0.518. The van der Waals surface area contributed by atoms with Gasteiger partial charge in [-0.05, 0) is 16.0 Å². The first kappa shape index (κ1) is 15.9. The van der Waals surface area contributed by atoms with Crippen LogP contribution in [0.3, 0.4) is 0 Å². The molecule has 1 atom stereocenters. The fourth-order valence-corrected chi connectivity index (χ4v) is 2.69. The van der Waals surface area contributed by atoms with Crippen molar-refractivity contribution in [2.45, 2.75) is 37.7 Å². The van der Waals surface area contributed by atoms with Crippen LogP contribution in [0.4, 0.5) is 0 Å². The van der Waals surface area contributed by atoms with Crippen LogP contribution < -0.4 is 5.32 Å². The van der Waals surface area contributed by atoms with Gasteiger partial charge >= 0.3 is 0 Å². The number of aromatic nitrogens is 4. The molecule has 0 fully saturated rings. The third kappa shape index (κ3) is 5.11. The highest BCUT2D eigenvalue weighted by Gasteiger charge is 2.12. The Morgan fingerprint density at radius 3 is 2.76 bits per heavy atom. The van der Waals surface area contributed by atoms with Gasteiger partial charge < -0.3 is 10.4 Å². The second-order valence-corrected chi connectivity index (χ2v) is 6.02. The molecule has 0 saturated heterocycles. The molecule has 2 aromatic rings. The lowest BCUT2D eigenvalue weighted by molar-refractivity contribution is 0.204. The molecule has 2 N–H and O–H groups in total. The fourth-order valence-electron chi connectivity index (χ4n) is 1.82. The lowest BCUT2D eigenvalue weighted by atomic mass is 10.1. The Morgan fingerprint density at radius 2 is 2.05 bits per heavy atom. The number of nitrogens with one attached hydrogen (secondary N) is 1. The molecule has 0 aliphatic heterocycles. The monoisotopic (exact) mass is 307 g/mol. The van der Waals surface area contributed by atoms with E-state index in [1.165, 1.54) is 11.8 Å². The highest BCUT2D eigenvalue weighted by atomic mass is 32.2. The lowest BCUT2D eigenvalue weighted by Crippen LogP contribution is -2.27. The van der Waals surface area contributed by atoms with Crippen LogP contribution in [0.25, 0.3) is 0 Å². The zero-order valence-corrected chi connectivity index (χ0v) is 13.1. The highest BCUT2D eigenvalue weighted by Crippen LogP contribution is 2.22. The summed E-state index contributed by atoms with van der Waals surface area (Å²) in [6, 6.07) is 10.1. The van der Waals surface area contributed by atoms with Gasteiger partial charge in [0, 0.05) is 18.3 Å². The number of benzene rings is 1. The summed E-state index contributed by atoms with van der Waals surface area (Å²) in [5.41, 5.74) is 0.908. The quantitative estimate of drug-likeness (QED) is 0.720. The van der Waals surface area contributed by atoms with E-state index in [0.717, 1.165) is 23.8 Å². The molecule has 0 amide bonds. The van der Waals surface area contributed by atoms with Gasteiger partial charge in [-0.25, -0.2) is 4.68 Å². The summed E-state index contributed by atoms with van der Waals surface area (Å²) < 4.78 is 1.76. The first-order chi connectivity index (χ1) is 10.2. The number of tetrazole rings is 1. The van der Waals surface area contributed by atoms with Crippen LogP contribution in [0.2, 0.25) is 0 Å². The van der Waals surface area contributed by atoms with Crippen molar-refractivity contribution in [1.82, 2.24) is 25.5 Å². The first-order valence-corrected chi connectivity index (χ1v) is 8.00. The Kier molecular flexibility index (Phi) is 6.16. The topological polar surface area (TPSA) is 75.9 Å². The smallest absolute Gasteiger partial charge is 0.209 e. The maximum atomic E-state index is 10.1. The molecule has 1 heterocycles. The van der Waals surface area contributed by atoms with Crippen LogP contribution in [-0.2, 0) is 6.54 Å². The van der Waals surface area contributed by atoms with Crippen molar-refractivity contribution in [1.29, 1.82) is 0 Å². The standard InChI is InChI=1S/C14H21N5OS/c1-11(2)15-8-9-19-14(16-17-18-19)21-10-13(20)12-6-4-3-5-7-12/h3-7,11,13,15,20H,8-10H2,1-2H3. The third-order valence-corrected chi connectivity index (χ3v) is 3.96. The van der Waals surface area contributed by atoms with Gasteiger partial charge in [-0.2, -0.15) is 0 Å². The molecule has 1 aromatic carbocycles. The number of aliphatic hydroxyl groups is 1. The summed E-state index contributed by atoms with van der Waals surface area (Å²) in [4.78, 5) is 0. The summed E-state index contributed by atoms with van der Waals surface area (Å²) in [7, 11) is 0. The van der Waals surface area contributed by atoms with Gasteiger partial charge in [0.25, 0.3) is 0 Å². The molecule has 114 valence electrons. The van der Waals surface area contributed by atoms with Crippen LogP contribution >= 0.6 is 11.8 Å². The van der Waals surface area contributed by atoms with E-state index in [0.29, 0.717) is 11.8 Å². The number of nitrogens with zero attached hydrogens (tertiary/aromatic N) is 4. The van der Waals surface area contributed by atoms with Crippen molar-refractivity contribution in [2.75, 3.05) is 12.3 Å². The van der Waals surface area contributed by atoms with Crippen molar-refractivity contribution in [3.63, 3.8) is 0 Å². The summed E-state index contributed by atoms with van der Waals surface area (Å²) >= 11 is 1.46. The molecule has 0 bridgehead atoms.